The highest BCUT2D eigenvalue weighted by Crippen LogP contribution is 2.08. The second-order valence-corrected chi connectivity index (χ2v) is 8.32. The average molecular weight is 442 g/mol. The number of hydrogen-bond donors (Lipinski definition) is 2. The Balaban J connectivity index is 1.96. The highest BCUT2D eigenvalue weighted by atomic mass is 16.6. The topological polar surface area (TPSA) is 97.0 Å². The minimum Gasteiger partial charge on any atom is -0.459 e. The quantitative estimate of drug-likeness (QED) is 0.612. The molecule has 0 bridgehead atoms. The average Bonchev–Trinajstić information content (AvgIpc) is 2.74. The summed E-state index contributed by atoms with van der Waals surface area (Å²) in [5.74, 6) is -0.675. The highest BCUT2D eigenvalue weighted by Gasteiger charge is 2.26. The lowest BCUT2D eigenvalue weighted by Crippen LogP contribution is -2.51. The van der Waals surface area contributed by atoms with Crippen molar-refractivity contribution >= 4 is 18.1 Å². The van der Waals surface area contributed by atoms with Gasteiger partial charge in [0.25, 0.3) is 0 Å². The van der Waals surface area contributed by atoms with E-state index in [1.54, 1.807) is 27.8 Å². The Hall–Kier alpha value is -3.55. The first-order chi connectivity index (χ1) is 15.1. The number of rotatable bonds is 8. The maximum Gasteiger partial charge on any atom is 0.408 e. The van der Waals surface area contributed by atoms with Crippen LogP contribution in [-0.4, -0.2) is 48.2 Å². The van der Waals surface area contributed by atoms with Crippen molar-refractivity contribution in [1.82, 2.24) is 15.5 Å². The van der Waals surface area contributed by atoms with Gasteiger partial charge in [0.15, 0.2) is 0 Å². The molecule has 0 radical (unpaired) electrons. The van der Waals surface area contributed by atoms with Gasteiger partial charge in [-0.15, -0.1) is 0 Å². The van der Waals surface area contributed by atoms with Gasteiger partial charge in [-0.25, -0.2) is 14.4 Å². The van der Waals surface area contributed by atoms with Crippen molar-refractivity contribution in [2.45, 2.75) is 45.6 Å². The fourth-order valence-corrected chi connectivity index (χ4v) is 2.73. The molecule has 0 saturated carbocycles. The van der Waals surface area contributed by atoms with Crippen molar-refractivity contribution in [2.24, 2.45) is 0 Å². The van der Waals surface area contributed by atoms with Crippen molar-refractivity contribution < 1.29 is 23.9 Å². The van der Waals surface area contributed by atoms with Gasteiger partial charge in [0, 0.05) is 13.6 Å². The molecule has 0 aromatic heterocycles. The smallest absolute Gasteiger partial charge is 0.408 e. The highest BCUT2D eigenvalue weighted by molar-refractivity contribution is 5.83. The van der Waals surface area contributed by atoms with Crippen LogP contribution in [0.2, 0.25) is 0 Å². The molecule has 0 spiro atoms. The maximum atomic E-state index is 12.6. The molecule has 2 rings (SSSR count). The molecular weight excluding hydrogens is 410 g/mol. The van der Waals surface area contributed by atoms with E-state index < -0.39 is 23.7 Å². The monoisotopic (exact) mass is 441 g/mol. The number of carbonyl (C=O) groups is 3. The number of alkyl carbamates (subject to hydrolysis) is 1. The van der Waals surface area contributed by atoms with Crippen LogP contribution in [-0.2, 0) is 27.4 Å². The zero-order valence-electron chi connectivity index (χ0n) is 19.0. The lowest BCUT2D eigenvalue weighted by atomic mass is 10.2. The molecule has 2 N–H and O–H groups in total. The van der Waals surface area contributed by atoms with E-state index in [1.165, 1.54) is 4.90 Å². The number of urea groups is 1. The summed E-state index contributed by atoms with van der Waals surface area (Å²) in [6.07, 6.45) is -0.772. The van der Waals surface area contributed by atoms with Gasteiger partial charge in [-0.1, -0.05) is 60.7 Å². The maximum absolute atomic E-state index is 12.6. The molecule has 0 aliphatic carbocycles. The molecule has 0 aliphatic rings. The van der Waals surface area contributed by atoms with Gasteiger partial charge in [0.1, 0.15) is 18.2 Å². The Labute approximate surface area is 188 Å². The van der Waals surface area contributed by atoms with Crippen molar-refractivity contribution in [3.63, 3.8) is 0 Å². The molecule has 0 aliphatic heterocycles. The van der Waals surface area contributed by atoms with Gasteiger partial charge in [0.05, 0.1) is 6.54 Å². The standard InChI is InChI=1S/C24H31N3O5/c1-24(2,3)32-23(30)26-20(21(28)31-17-19-13-9-6-10-14-19)15-25-22(29)27(4)16-18-11-7-5-8-12-18/h5-14,20H,15-17H2,1-4H3,(H,25,29)(H,26,30). The van der Waals surface area contributed by atoms with E-state index in [4.69, 9.17) is 9.47 Å². The van der Waals surface area contributed by atoms with Gasteiger partial charge >= 0.3 is 18.1 Å². The first-order valence-corrected chi connectivity index (χ1v) is 10.4. The zero-order chi connectivity index (χ0) is 23.6. The van der Waals surface area contributed by atoms with Gasteiger partial charge in [-0.2, -0.15) is 0 Å². The first kappa shape index (κ1) is 24.7. The fraction of sp³-hybridized carbons (Fsp3) is 0.375. The number of amides is 3. The van der Waals surface area contributed by atoms with Crippen LogP contribution in [0.4, 0.5) is 9.59 Å². The van der Waals surface area contributed by atoms with Crippen molar-refractivity contribution in [3.8, 4) is 0 Å². The third-order valence-corrected chi connectivity index (χ3v) is 4.27. The second-order valence-electron chi connectivity index (χ2n) is 8.32. The van der Waals surface area contributed by atoms with E-state index in [-0.39, 0.29) is 19.2 Å². The minimum atomic E-state index is -1.11. The number of nitrogens with zero attached hydrogens (tertiary/aromatic N) is 1. The van der Waals surface area contributed by atoms with Gasteiger partial charge in [-0.05, 0) is 31.9 Å². The number of nitrogens with one attached hydrogen (secondary N) is 2. The molecule has 8 nitrogen and oxygen atoms in total. The largest absolute Gasteiger partial charge is 0.459 e. The lowest BCUT2D eigenvalue weighted by Gasteiger charge is -2.24. The minimum absolute atomic E-state index is 0.0496. The third-order valence-electron chi connectivity index (χ3n) is 4.27. The lowest BCUT2D eigenvalue weighted by molar-refractivity contribution is -0.147. The van der Waals surface area contributed by atoms with E-state index >= 15 is 0 Å². The number of ether oxygens (including phenoxy) is 2. The third kappa shape index (κ3) is 9.07. The normalized spacial score (nSPS) is 11.8. The summed E-state index contributed by atoms with van der Waals surface area (Å²) in [5, 5.41) is 5.15. The molecule has 3 amide bonds. The summed E-state index contributed by atoms with van der Waals surface area (Å²) < 4.78 is 10.6. The summed E-state index contributed by atoms with van der Waals surface area (Å²) in [6.45, 7) is 5.45. The molecular formula is C24H31N3O5. The fourth-order valence-electron chi connectivity index (χ4n) is 2.73. The molecule has 0 saturated heterocycles. The number of hydrogen-bond acceptors (Lipinski definition) is 5. The predicted molar refractivity (Wildman–Crippen MR) is 121 cm³/mol. The SMILES string of the molecule is CN(Cc1ccccc1)C(=O)NCC(NC(=O)OC(C)(C)C)C(=O)OCc1ccccc1. The molecule has 0 heterocycles. The Morgan fingerprint density at radius 3 is 2.06 bits per heavy atom. The van der Waals surface area contributed by atoms with E-state index in [0.29, 0.717) is 6.54 Å². The van der Waals surface area contributed by atoms with Crippen molar-refractivity contribution in [3.05, 3.63) is 71.8 Å². The van der Waals surface area contributed by atoms with Crippen molar-refractivity contribution in [1.29, 1.82) is 0 Å². The molecule has 1 unspecified atom stereocenters. The molecule has 0 fully saturated rings. The number of carbonyl (C=O) groups excluding carboxylic acids is 3. The van der Waals surface area contributed by atoms with E-state index in [2.05, 4.69) is 10.6 Å². The van der Waals surface area contributed by atoms with Crippen LogP contribution in [0.25, 0.3) is 0 Å². The molecule has 172 valence electrons. The summed E-state index contributed by atoms with van der Waals surface area (Å²) >= 11 is 0. The van der Waals surface area contributed by atoms with Crippen LogP contribution in [0.15, 0.2) is 60.7 Å². The van der Waals surface area contributed by atoms with E-state index in [9.17, 15) is 14.4 Å². The van der Waals surface area contributed by atoms with Crippen LogP contribution in [0.3, 0.4) is 0 Å². The summed E-state index contributed by atoms with van der Waals surface area (Å²) in [5.41, 5.74) is 1.04. The predicted octanol–water partition coefficient (Wildman–Crippen LogP) is 3.46. The first-order valence-electron chi connectivity index (χ1n) is 10.4. The zero-order valence-corrected chi connectivity index (χ0v) is 19.0. The van der Waals surface area contributed by atoms with E-state index in [1.807, 2.05) is 60.7 Å². The van der Waals surface area contributed by atoms with Crippen LogP contribution in [0.5, 0.6) is 0 Å². The Bertz CT molecular complexity index is 882. The number of esters is 1. The summed E-state index contributed by atoms with van der Waals surface area (Å²) in [4.78, 5) is 38.8. The Morgan fingerprint density at radius 2 is 1.50 bits per heavy atom. The molecule has 2 aromatic rings. The van der Waals surface area contributed by atoms with Crippen LogP contribution >= 0.6 is 0 Å². The molecule has 8 heteroatoms. The molecule has 32 heavy (non-hydrogen) atoms. The Morgan fingerprint density at radius 1 is 0.938 bits per heavy atom. The second kappa shape index (κ2) is 11.7. The van der Waals surface area contributed by atoms with Crippen LogP contribution < -0.4 is 10.6 Å². The van der Waals surface area contributed by atoms with Gasteiger partial charge in [0.2, 0.25) is 0 Å². The van der Waals surface area contributed by atoms with Crippen LogP contribution in [0.1, 0.15) is 31.9 Å². The molecule has 1 atom stereocenters. The molecule has 2 aromatic carbocycles. The summed E-state index contributed by atoms with van der Waals surface area (Å²) in [6, 6.07) is 17.2. The van der Waals surface area contributed by atoms with Crippen molar-refractivity contribution in [2.75, 3.05) is 13.6 Å². The summed E-state index contributed by atoms with van der Waals surface area (Å²) in [7, 11) is 1.65. The van der Waals surface area contributed by atoms with Gasteiger partial charge < -0.3 is 25.0 Å². The number of benzene rings is 2. The van der Waals surface area contributed by atoms with Crippen LogP contribution in [0, 0.1) is 0 Å². The van der Waals surface area contributed by atoms with E-state index in [0.717, 1.165) is 11.1 Å². The Kier molecular flexibility index (Phi) is 9.07. The van der Waals surface area contributed by atoms with Gasteiger partial charge in [-0.3, -0.25) is 0 Å².